The molecule has 0 N–H and O–H groups in total. The second kappa shape index (κ2) is 17.2. The van der Waals surface area contributed by atoms with Gasteiger partial charge in [0.15, 0.2) is 0 Å². The Balaban J connectivity index is 1.68. The molecule has 0 heterocycles. The lowest BCUT2D eigenvalue weighted by Gasteiger charge is -2.39. The Kier molecular flexibility index (Phi) is 14.0. The van der Waals surface area contributed by atoms with Crippen molar-refractivity contribution in [3.8, 4) is 0 Å². The molecule has 2 aromatic rings. The van der Waals surface area contributed by atoms with Crippen LogP contribution in [-0.2, 0) is 18.3 Å². The zero-order chi connectivity index (χ0) is 27.1. The van der Waals surface area contributed by atoms with Gasteiger partial charge in [-0.3, -0.25) is 0 Å². The molecular formula is C38H60. The summed E-state index contributed by atoms with van der Waals surface area (Å²) in [5, 5.41) is 0. The normalized spacial score (nSPS) is 16.8. The standard InChI is InChI=1S/C38H60/c1-5-9-16-32(14-7-3)18-20-34-22-26-36(27-23-34)38(30-12-11-13-31-38)37-28-24-35(25-29-37)21-19-33(15-8-4)17-10-6-2/h22-29,32-33H,5-21,30-31H2,1-4H3. The van der Waals surface area contributed by atoms with Gasteiger partial charge in [0.1, 0.15) is 0 Å². The van der Waals surface area contributed by atoms with Crippen molar-refractivity contribution in [1.82, 2.24) is 0 Å². The van der Waals surface area contributed by atoms with Crippen LogP contribution in [0.25, 0.3) is 0 Å². The molecule has 0 heteroatoms. The number of unbranched alkanes of at least 4 members (excludes halogenated alkanes) is 2. The van der Waals surface area contributed by atoms with Crippen LogP contribution in [0.5, 0.6) is 0 Å². The Bertz CT molecular complexity index is 784. The van der Waals surface area contributed by atoms with E-state index in [1.54, 1.807) is 11.1 Å². The maximum atomic E-state index is 2.50. The highest BCUT2D eigenvalue weighted by atomic mass is 14.4. The second-order valence-corrected chi connectivity index (χ2v) is 12.7. The smallest absolute Gasteiger partial charge is 0.0202 e. The predicted octanol–water partition coefficient (Wildman–Crippen LogP) is 12.0. The molecule has 0 spiro atoms. The summed E-state index contributed by atoms with van der Waals surface area (Å²) in [6.07, 6.45) is 25.6. The summed E-state index contributed by atoms with van der Waals surface area (Å²) in [5.41, 5.74) is 6.42. The molecule has 212 valence electrons. The first-order valence-electron chi connectivity index (χ1n) is 16.8. The Morgan fingerprint density at radius 1 is 0.500 bits per heavy atom. The van der Waals surface area contributed by atoms with Crippen LogP contribution in [-0.4, -0.2) is 0 Å². The molecule has 0 aromatic heterocycles. The summed E-state index contributed by atoms with van der Waals surface area (Å²) in [6.45, 7) is 9.35. The minimum Gasteiger partial charge on any atom is -0.0654 e. The molecule has 38 heavy (non-hydrogen) atoms. The molecule has 3 rings (SSSR count). The zero-order valence-electron chi connectivity index (χ0n) is 25.7. The van der Waals surface area contributed by atoms with Crippen molar-refractivity contribution in [2.75, 3.05) is 0 Å². The number of benzene rings is 2. The fourth-order valence-electron chi connectivity index (χ4n) is 7.29. The van der Waals surface area contributed by atoms with Gasteiger partial charge in [-0.2, -0.15) is 0 Å². The molecule has 0 amide bonds. The fraction of sp³-hybridized carbons (Fsp3) is 0.684. The summed E-state index contributed by atoms with van der Waals surface area (Å²) < 4.78 is 0. The van der Waals surface area contributed by atoms with Crippen LogP contribution in [0, 0.1) is 11.8 Å². The summed E-state index contributed by atoms with van der Waals surface area (Å²) in [7, 11) is 0. The maximum absolute atomic E-state index is 2.50. The van der Waals surface area contributed by atoms with Crippen LogP contribution in [0.15, 0.2) is 48.5 Å². The SMILES string of the molecule is CCCCC(CCC)CCc1ccc(C2(c3ccc(CCC(CCC)CCCC)cc3)CCCCC2)cc1. The highest BCUT2D eigenvalue weighted by Crippen LogP contribution is 2.45. The lowest BCUT2D eigenvalue weighted by molar-refractivity contribution is 0.346. The van der Waals surface area contributed by atoms with Crippen molar-refractivity contribution in [1.29, 1.82) is 0 Å². The van der Waals surface area contributed by atoms with Gasteiger partial charge in [0.2, 0.25) is 0 Å². The summed E-state index contributed by atoms with van der Waals surface area (Å²) in [6, 6.07) is 19.9. The zero-order valence-corrected chi connectivity index (χ0v) is 25.7. The van der Waals surface area contributed by atoms with Gasteiger partial charge in [-0.25, -0.2) is 0 Å². The molecule has 0 bridgehead atoms. The Morgan fingerprint density at radius 2 is 0.921 bits per heavy atom. The first kappa shape index (κ1) is 31.0. The third-order valence-electron chi connectivity index (χ3n) is 9.73. The van der Waals surface area contributed by atoms with Crippen molar-refractivity contribution in [2.24, 2.45) is 11.8 Å². The predicted molar refractivity (Wildman–Crippen MR) is 169 cm³/mol. The minimum atomic E-state index is 0.215. The van der Waals surface area contributed by atoms with Crippen LogP contribution in [0.1, 0.15) is 159 Å². The van der Waals surface area contributed by atoms with E-state index in [-0.39, 0.29) is 5.41 Å². The lowest BCUT2D eigenvalue weighted by atomic mass is 9.65. The first-order valence-corrected chi connectivity index (χ1v) is 16.8. The van der Waals surface area contributed by atoms with Crippen molar-refractivity contribution in [3.05, 3.63) is 70.8 Å². The first-order chi connectivity index (χ1) is 18.6. The van der Waals surface area contributed by atoms with Crippen LogP contribution >= 0.6 is 0 Å². The Labute approximate surface area is 237 Å². The van der Waals surface area contributed by atoms with E-state index < -0.39 is 0 Å². The molecule has 1 aliphatic carbocycles. The number of aryl methyl sites for hydroxylation is 2. The van der Waals surface area contributed by atoms with E-state index >= 15 is 0 Å². The van der Waals surface area contributed by atoms with Gasteiger partial charge in [0, 0.05) is 5.41 Å². The molecule has 2 unspecified atom stereocenters. The van der Waals surface area contributed by atoms with Gasteiger partial charge >= 0.3 is 0 Å². The molecular weight excluding hydrogens is 456 g/mol. The van der Waals surface area contributed by atoms with E-state index in [0.717, 1.165) is 11.8 Å². The van der Waals surface area contributed by atoms with Crippen LogP contribution < -0.4 is 0 Å². The van der Waals surface area contributed by atoms with Crippen LogP contribution in [0.2, 0.25) is 0 Å². The highest BCUT2D eigenvalue weighted by molar-refractivity contribution is 5.42. The van der Waals surface area contributed by atoms with E-state index in [4.69, 9.17) is 0 Å². The third kappa shape index (κ3) is 9.27. The summed E-state index contributed by atoms with van der Waals surface area (Å²) in [5.74, 6) is 1.82. The third-order valence-corrected chi connectivity index (χ3v) is 9.73. The van der Waals surface area contributed by atoms with Gasteiger partial charge < -0.3 is 0 Å². The lowest BCUT2D eigenvalue weighted by Crippen LogP contribution is -2.30. The topological polar surface area (TPSA) is 0 Å². The van der Waals surface area contributed by atoms with Gasteiger partial charge in [0.05, 0.1) is 0 Å². The Hall–Kier alpha value is -1.56. The average molecular weight is 517 g/mol. The van der Waals surface area contributed by atoms with Gasteiger partial charge in [-0.05, 0) is 72.6 Å². The van der Waals surface area contributed by atoms with Crippen LogP contribution in [0.4, 0.5) is 0 Å². The molecule has 1 aliphatic rings. The minimum absolute atomic E-state index is 0.215. The van der Waals surface area contributed by atoms with Gasteiger partial charge in [0.25, 0.3) is 0 Å². The molecule has 2 atom stereocenters. The van der Waals surface area contributed by atoms with Gasteiger partial charge in [-0.15, -0.1) is 0 Å². The largest absolute Gasteiger partial charge is 0.0654 e. The van der Waals surface area contributed by atoms with Crippen molar-refractivity contribution in [3.63, 3.8) is 0 Å². The van der Waals surface area contributed by atoms with E-state index in [0.29, 0.717) is 0 Å². The van der Waals surface area contributed by atoms with E-state index in [9.17, 15) is 0 Å². The van der Waals surface area contributed by atoms with Crippen molar-refractivity contribution < 1.29 is 0 Å². The highest BCUT2D eigenvalue weighted by Gasteiger charge is 2.35. The van der Waals surface area contributed by atoms with E-state index in [1.807, 2.05) is 0 Å². The average Bonchev–Trinajstić information content (AvgIpc) is 2.97. The molecule has 0 nitrogen and oxygen atoms in total. The van der Waals surface area contributed by atoms with Gasteiger partial charge in [-0.1, -0.05) is 160 Å². The molecule has 0 radical (unpaired) electrons. The molecule has 1 fully saturated rings. The molecule has 2 aromatic carbocycles. The van der Waals surface area contributed by atoms with E-state index in [1.165, 1.54) is 133 Å². The fourth-order valence-corrected chi connectivity index (χ4v) is 7.29. The monoisotopic (exact) mass is 516 g/mol. The Morgan fingerprint density at radius 3 is 1.29 bits per heavy atom. The second-order valence-electron chi connectivity index (χ2n) is 12.7. The summed E-state index contributed by atoms with van der Waals surface area (Å²) in [4.78, 5) is 0. The number of hydrogen-bond donors (Lipinski definition) is 0. The number of rotatable bonds is 18. The van der Waals surface area contributed by atoms with Crippen molar-refractivity contribution in [2.45, 2.75) is 155 Å². The quantitative estimate of drug-likeness (QED) is 0.185. The molecule has 1 saturated carbocycles. The summed E-state index contributed by atoms with van der Waals surface area (Å²) >= 11 is 0. The molecule has 0 saturated heterocycles. The van der Waals surface area contributed by atoms with Crippen molar-refractivity contribution >= 4 is 0 Å². The van der Waals surface area contributed by atoms with E-state index in [2.05, 4.69) is 76.2 Å². The maximum Gasteiger partial charge on any atom is 0.0202 e. The number of hydrogen-bond acceptors (Lipinski definition) is 0. The molecule has 0 aliphatic heterocycles. The van der Waals surface area contributed by atoms with Crippen LogP contribution in [0.3, 0.4) is 0 Å².